The Bertz CT molecular complexity index is 1110. The lowest BCUT2D eigenvalue weighted by Crippen LogP contribution is -2.47. The van der Waals surface area contributed by atoms with Gasteiger partial charge in [-0.25, -0.2) is 0 Å². The number of hydrogen-bond donors (Lipinski definition) is 2. The summed E-state index contributed by atoms with van der Waals surface area (Å²) >= 11 is 5.39. The molecule has 0 radical (unpaired) electrons. The third-order valence-electron chi connectivity index (χ3n) is 5.74. The smallest absolute Gasteiger partial charge is 0.221 e. The molecule has 3 aromatic rings. The van der Waals surface area contributed by atoms with Crippen LogP contribution in [0.3, 0.4) is 0 Å². The number of nitrogens with one attached hydrogen (secondary N) is 2. The van der Waals surface area contributed by atoms with E-state index in [1.165, 1.54) is 5.56 Å². The van der Waals surface area contributed by atoms with Gasteiger partial charge in [0.15, 0.2) is 10.6 Å². The molecule has 9 heteroatoms. The number of aromatic amines is 1. The highest BCUT2D eigenvalue weighted by Crippen LogP contribution is 2.21. The van der Waals surface area contributed by atoms with Crippen molar-refractivity contribution in [1.82, 2.24) is 25.0 Å². The van der Waals surface area contributed by atoms with Gasteiger partial charge in [-0.3, -0.25) is 19.4 Å². The Kier molecular flexibility index (Phi) is 8.46. The van der Waals surface area contributed by atoms with Crippen molar-refractivity contribution in [3.8, 4) is 17.1 Å². The van der Waals surface area contributed by atoms with Crippen LogP contribution in [0.1, 0.15) is 18.9 Å². The molecule has 2 aromatic carbocycles. The van der Waals surface area contributed by atoms with Crippen LogP contribution in [0.15, 0.2) is 54.6 Å². The fourth-order valence-corrected chi connectivity index (χ4v) is 4.25. The average Bonchev–Trinajstić information content (AvgIpc) is 3.23. The fraction of sp³-hybridized carbons (Fsp3) is 0.400. The first-order chi connectivity index (χ1) is 16.6. The van der Waals surface area contributed by atoms with Gasteiger partial charge in [0, 0.05) is 44.7 Å². The number of ether oxygens (including phenoxy) is 2. The van der Waals surface area contributed by atoms with Gasteiger partial charge >= 0.3 is 0 Å². The van der Waals surface area contributed by atoms with Crippen molar-refractivity contribution in [2.75, 3.05) is 32.8 Å². The molecule has 2 N–H and O–H groups in total. The molecule has 1 aliphatic heterocycles. The molecule has 1 aromatic heterocycles. The Balaban J connectivity index is 1.26. The lowest BCUT2D eigenvalue weighted by Gasteiger charge is -2.33. The SMILES string of the molecule is CCOc1ccc(-c2n[nH]c(=S)n2CCC(=O)NCC2CN(Cc3ccccc3)CCO2)cc1. The van der Waals surface area contributed by atoms with E-state index in [0.29, 0.717) is 43.3 Å². The summed E-state index contributed by atoms with van der Waals surface area (Å²) in [6.45, 7) is 6.75. The van der Waals surface area contributed by atoms with Crippen LogP contribution in [0.25, 0.3) is 11.4 Å². The zero-order chi connectivity index (χ0) is 23.8. The van der Waals surface area contributed by atoms with E-state index in [-0.39, 0.29) is 12.0 Å². The first-order valence-corrected chi connectivity index (χ1v) is 12.1. The Morgan fingerprint density at radius 1 is 1.24 bits per heavy atom. The van der Waals surface area contributed by atoms with Gasteiger partial charge in [0.1, 0.15) is 5.75 Å². The van der Waals surface area contributed by atoms with Crippen molar-refractivity contribution in [3.05, 3.63) is 64.9 Å². The third kappa shape index (κ3) is 6.53. The van der Waals surface area contributed by atoms with Gasteiger partial charge in [0.2, 0.25) is 5.91 Å². The number of H-pyrrole nitrogens is 1. The molecular weight excluding hydrogens is 450 g/mol. The van der Waals surface area contributed by atoms with Gasteiger partial charge < -0.3 is 14.8 Å². The fourth-order valence-electron chi connectivity index (χ4n) is 4.03. The first kappa shape index (κ1) is 24.1. The van der Waals surface area contributed by atoms with Crippen LogP contribution in [-0.4, -0.2) is 64.5 Å². The molecule has 1 unspecified atom stereocenters. The van der Waals surface area contributed by atoms with Crippen molar-refractivity contribution >= 4 is 18.1 Å². The number of hydrogen-bond acceptors (Lipinski definition) is 6. The summed E-state index contributed by atoms with van der Waals surface area (Å²) in [5.41, 5.74) is 2.19. The van der Waals surface area contributed by atoms with Gasteiger partial charge in [-0.1, -0.05) is 30.3 Å². The maximum atomic E-state index is 12.6. The van der Waals surface area contributed by atoms with E-state index in [1.54, 1.807) is 0 Å². The van der Waals surface area contributed by atoms with Crippen LogP contribution in [0, 0.1) is 4.77 Å². The second-order valence-corrected chi connectivity index (χ2v) is 8.62. The molecular formula is C25H31N5O3S. The van der Waals surface area contributed by atoms with Crippen molar-refractivity contribution in [1.29, 1.82) is 0 Å². The number of rotatable bonds is 10. The Morgan fingerprint density at radius 2 is 2.03 bits per heavy atom. The van der Waals surface area contributed by atoms with Crippen molar-refractivity contribution in [2.45, 2.75) is 32.5 Å². The Morgan fingerprint density at radius 3 is 2.79 bits per heavy atom. The maximum Gasteiger partial charge on any atom is 0.221 e. The minimum atomic E-state index is -0.0375. The number of benzene rings is 2. The summed E-state index contributed by atoms with van der Waals surface area (Å²) in [6, 6.07) is 18.1. The minimum absolute atomic E-state index is 0.0167. The Hall–Kier alpha value is -3.01. The number of carbonyl (C=O) groups is 1. The lowest BCUT2D eigenvalue weighted by atomic mass is 10.2. The van der Waals surface area contributed by atoms with Crippen molar-refractivity contribution in [3.63, 3.8) is 0 Å². The average molecular weight is 482 g/mol. The molecule has 0 saturated carbocycles. The first-order valence-electron chi connectivity index (χ1n) is 11.7. The van der Waals surface area contributed by atoms with Gasteiger partial charge in [0.25, 0.3) is 0 Å². The van der Waals surface area contributed by atoms with Crippen LogP contribution in [0.2, 0.25) is 0 Å². The topological polar surface area (TPSA) is 84.4 Å². The summed E-state index contributed by atoms with van der Waals surface area (Å²) < 4.78 is 13.7. The lowest BCUT2D eigenvalue weighted by molar-refractivity contribution is -0.122. The molecule has 1 amide bonds. The second-order valence-electron chi connectivity index (χ2n) is 8.23. The number of morpholine rings is 1. The van der Waals surface area contributed by atoms with E-state index in [0.717, 1.165) is 30.9 Å². The van der Waals surface area contributed by atoms with Crippen molar-refractivity contribution < 1.29 is 14.3 Å². The second kappa shape index (κ2) is 11.9. The largest absolute Gasteiger partial charge is 0.494 e. The van der Waals surface area contributed by atoms with Crippen LogP contribution in [0.4, 0.5) is 0 Å². The molecule has 0 spiro atoms. The van der Waals surface area contributed by atoms with E-state index < -0.39 is 0 Å². The zero-order valence-electron chi connectivity index (χ0n) is 19.4. The molecule has 0 bridgehead atoms. The molecule has 1 fully saturated rings. The number of carbonyl (C=O) groups excluding carboxylic acids is 1. The van der Waals surface area contributed by atoms with Crippen LogP contribution >= 0.6 is 12.2 Å². The molecule has 0 aliphatic carbocycles. The summed E-state index contributed by atoms with van der Waals surface area (Å²) in [4.78, 5) is 14.9. The van der Waals surface area contributed by atoms with E-state index in [9.17, 15) is 4.79 Å². The van der Waals surface area contributed by atoms with E-state index >= 15 is 0 Å². The molecule has 1 atom stereocenters. The third-order valence-corrected chi connectivity index (χ3v) is 6.05. The number of aromatic nitrogens is 3. The van der Waals surface area contributed by atoms with Crippen LogP contribution in [0.5, 0.6) is 5.75 Å². The monoisotopic (exact) mass is 481 g/mol. The molecule has 34 heavy (non-hydrogen) atoms. The molecule has 4 rings (SSSR count). The van der Waals surface area contributed by atoms with E-state index in [2.05, 4.69) is 44.7 Å². The highest BCUT2D eigenvalue weighted by atomic mass is 32.1. The maximum absolute atomic E-state index is 12.6. The zero-order valence-corrected chi connectivity index (χ0v) is 20.2. The predicted octanol–water partition coefficient (Wildman–Crippen LogP) is 3.41. The summed E-state index contributed by atoms with van der Waals surface area (Å²) in [5, 5.41) is 10.2. The summed E-state index contributed by atoms with van der Waals surface area (Å²) in [6.07, 6.45) is 0.287. The number of nitrogens with zero attached hydrogens (tertiary/aromatic N) is 3. The molecule has 8 nitrogen and oxygen atoms in total. The highest BCUT2D eigenvalue weighted by Gasteiger charge is 2.21. The van der Waals surface area contributed by atoms with Crippen LogP contribution in [-0.2, 0) is 22.6 Å². The van der Waals surface area contributed by atoms with Gasteiger partial charge in [-0.2, -0.15) is 5.10 Å². The quantitative estimate of drug-likeness (QED) is 0.432. The van der Waals surface area contributed by atoms with Crippen LogP contribution < -0.4 is 10.1 Å². The van der Waals surface area contributed by atoms with Gasteiger partial charge in [-0.15, -0.1) is 0 Å². The predicted molar refractivity (Wildman–Crippen MR) is 133 cm³/mol. The number of amides is 1. The molecule has 1 aliphatic rings. The van der Waals surface area contributed by atoms with E-state index in [4.69, 9.17) is 21.7 Å². The normalized spacial score (nSPS) is 16.3. The summed E-state index contributed by atoms with van der Waals surface area (Å²) in [5.74, 6) is 1.47. The van der Waals surface area contributed by atoms with E-state index in [1.807, 2.05) is 41.8 Å². The molecule has 180 valence electrons. The standard InChI is InChI=1S/C25H31N5O3S/c1-2-32-21-10-8-20(9-11-21)24-27-28-25(34)30(24)13-12-23(31)26-16-22-18-29(14-15-33-22)17-19-6-4-3-5-7-19/h3-11,22H,2,12-18H2,1H3,(H,26,31)(H,28,34). The highest BCUT2D eigenvalue weighted by molar-refractivity contribution is 7.71. The van der Waals surface area contributed by atoms with Gasteiger partial charge in [-0.05, 0) is 49.0 Å². The molecule has 1 saturated heterocycles. The summed E-state index contributed by atoms with van der Waals surface area (Å²) in [7, 11) is 0. The van der Waals surface area contributed by atoms with Gasteiger partial charge in [0.05, 0.1) is 19.3 Å². The minimum Gasteiger partial charge on any atom is -0.494 e. The molecule has 2 heterocycles. The Labute approximate surface area is 204 Å². The van der Waals surface area contributed by atoms with Crippen molar-refractivity contribution in [2.24, 2.45) is 0 Å².